The SMILES string of the molecule is CCC(Oc1ccc(NC(=O)N(C)C)cc1Cl)c1cccc(Cl)c1. The van der Waals surface area contributed by atoms with Gasteiger partial charge in [0.2, 0.25) is 0 Å². The van der Waals surface area contributed by atoms with E-state index in [1.807, 2.05) is 31.2 Å². The van der Waals surface area contributed by atoms with Crippen molar-refractivity contribution in [2.24, 2.45) is 0 Å². The zero-order valence-electron chi connectivity index (χ0n) is 13.8. The number of hydrogen-bond acceptors (Lipinski definition) is 2. The summed E-state index contributed by atoms with van der Waals surface area (Å²) in [6.07, 6.45) is 0.624. The summed E-state index contributed by atoms with van der Waals surface area (Å²) in [6, 6.07) is 12.5. The van der Waals surface area contributed by atoms with Crippen LogP contribution in [-0.2, 0) is 0 Å². The molecule has 0 heterocycles. The molecule has 1 atom stereocenters. The van der Waals surface area contributed by atoms with Gasteiger partial charge in [-0.3, -0.25) is 0 Å². The Labute approximate surface area is 152 Å². The first kappa shape index (κ1) is 18.4. The molecule has 0 bridgehead atoms. The summed E-state index contributed by atoms with van der Waals surface area (Å²) < 4.78 is 6.03. The normalized spacial score (nSPS) is 11.7. The van der Waals surface area contributed by atoms with Gasteiger partial charge in [0.1, 0.15) is 11.9 Å². The summed E-state index contributed by atoms with van der Waals surface area (Å²) in [6.45, 7) is 2.03. The molecule has 0 aliphatic rings. The zero-order chi connectivity index (χ0) is 17.7. The minimum absolute atomic E-state index is 0.150. The van der Waals surface area contributed by atoms with Crippen molar-refractivity contribution in [1.82, 2.24) is 4.90 Å². The number of halogens is 2. The lowest BCUT2D eigenvalue weighted by atomic mass is 10.1. The van der Waals surface area contributed by atoms with Gasteiger partial charge in [-0.1, -0.05) is 42.3 Å². The third kappa shape index (κ3) is 4.79. The number of nitrogens with zero attached hydrogens (tertiary/aromatic N) is 1. The van der Waals surface area contributed by atoms with Crippen molar-refractivity contribution in [2.75, 3.05) is 19.4 Å². The number of amides is 2. The van der Waals surface area contributed by atoms with Crippen molar-refractivity contribution < 1.29 is 9.53 Å². The topological polar surface area (TPSA) is 41.6 Å². The molecular formula is C18H20Cl2N2O2. The highest BCUT2D eigenvalue weighted by molar-refractivity contribution is 6.32. The first-order valence-electron chi connectivity index (χ1n) is 7.60. The molecule has 1 unspecified atom stereocenters. The van der Waals surface area contributed by atoms with Gasteiger partial charge in [0, 0.05) is 24.8 Å². The Morgan fingerprint density at radius 1 is 1.21 bits per heavy atom. The molecule has 0 aromatic heterocycles. The van der Waals surface area contributed by atoms with Crippen molar-refractivity contribution in [2.45, 2.75) is 19.4 Å². The van der Waals surface area contributed by atoms with Crippen LogP contribution in [0.4, 0.5) is 10.5 Å². The molecule has 0 radical (unpaired) electrons. The Morgan fingerprint density at radius 3 is 2.54 bits per heavy atom. The molecule has 0 fully saturated rings. The van der Waals surface area contributed by atoms with Gasteiger partial charge in [0.05, 0.1) is 5.02 Å². The number of ether oxygens (including phenoxy) is 1. The number of carbonyl (C=O) groups excluding carboxylic acids is 1. The van der Waals surface area contributed by atoms with Crippen LogP contribution >= 0.6 is 23.2 Å². The molecule has 24 heavy (non-hydrogen) atoms. The lowest BCUT2D eigenvalue weighted by Gasteiger charge is -2.20. The summed E-state index contributed by atoms with van der Waals surface area (Å²) in [7, 11) is 3.34. The first-order chi connectivity index (χ1) is 11.4. The lowest BCUT2D eigenvalue weighted by molar-refractivity contribution is 0.201. The van der Waals surface area contributed by atoms with Gasteiger partial charge in [-0.15, -0.1) is 0 Å². The Balaban J connectivity index is 2.15. The van der Waals surface area contributed by atoms with E-state index in [4.69, 9.17) is 27.9 Å². The molecule has 0 aliphatic heterocycles. The molecule has 4 nitrogen and oxygen atoms in total. The Morgan fingerprint density at radius 2 is 1.96 bits per heavy atom. The van der Waals surface area contributed by atoms with Crippen molar-refractivity contribution in [3.8, 4) is 5.75 Å². The summed E-state index contributed by atoms with van der Waals surface area (Å²) in [5.74, 6) is 0.561. The van der Waals surface area contributed by atoms with Gasteiger partial charge in [-0.05, 0) is 42.3 Å². The highest BCUT2D eigenvalue weighted by Gasteiger charge is 2.14. The molecule has 0 saturated heterocycles. The molecule has 128 valence electrons. The summed E-state index contributed by atoms with van der Waals surface area (Å²) >= 11 is 12.3. The number of anilines is 1. The van der Waals surface area contributed by atoms with Gasteiger partial charge in [0.25, 0.3) is 0 Å². The predicted octanol–water partition coefficient (Wildman–Crippen LogP) is 5.62. The van der Waals surface area contributed by atoms with E-state index in [0.29, 0.717) is 21.5 Å². The fraction of sp³-hybridized carbons (Fsp3) is 0.278. The van der Waals surface area contributed by atoms with Gasteiger partial charge in [-0.2, -0.15) is 0 Å². The number of carbonyl (C=O) groups is 1. The van der Waals surface area contributed by atoms with E-state index in [1.165, 1.54) is 4.90 Å². The average Bonchev–Trinajstić information content (AvgIpc) is 2.54. The van der Waals surface area contributed by atoms with Crippen LogP contribution in [0.5, 0.6) is 5.75 Å². The van der Waals surface area contributed by atoms with E-state index in [2.05, 4.69) is 5.32 Å². The smallest absolute Gasteiger partial charge is 0.321 e. The molecule has 0 aliphatic carbocycles. The maximum Gasteiger partial charge on any atom is 0.321 e. The summed E-state index contributed by atoms with van der Waals surface area (Å²) in [4.78, 5) is 13.1. The Bertz CT molecular complexity index is 720. The first-order valence-corrected chi connectivity index (χ1v) is 8.36. The van der Waals surface area contributed by atoms with Crippen LogP contribution in [0.25, 0.3) is 0 Å². The van der Waals surface area contributed by atoms with Gasteiger partial charge in [0.15, 0.2) is 0 Å². The summed E-state index contributed by atoms with van der Waals surface area (Å²) in [5.41, 5.74) is 1.60. The van der Waals surface area contributed by atoms with Crippen molar-refractivity contribution >= 4 is 34.9 Å². The fourth-order valence-corrected chi connectivity index (χ4v) is 2.58. The number of nitrogens with one attached hydrogen (secondary N) is 1. The molecule has 6 heteroatoms. The second-order valence-corrected chi connectivity index (χ2v) is 6.38. The molecule has 1 N–H and O–H groups in total. The van der Waals surface area contributed by atoms with Gasteiger partial charge >= 0.3 is 6.03 Å². The van der Waals surface area contributed by atoms with Crippen LogP contribution in [0.15, 0.2) is 42.5 Å². The molecule has 2 amide bonds. The van der Waals surface area contributed by atoms with Crippen molar-refractivity contribution in [3.05, 3.63) is 58.1 Å². The second-order valence-electron chi connectivity index (χ2n) is 5.54. The van der Waals surface area contributed by atoms with Crippen molar-refractivity contribution in [3.63, 3.8) is 0 Å². The third-order valence-electron chi connectivity index (χ3n) is 3.45. The van der Waals surface area contributed by atoms with Crippen LogP contribution < -0.4 is 10.1 Å². The number of benzene rings is 2. The number of hydrogen-bond donors (Lipinski definition) is 1. The van der Waals surface area contributed by atoms with Gasteiger partial charge in [-0.25, -0.2) is 4.79 Å². The zero-order valence-corrected chi connectivity index (χ0v) is 15.4. The van der Waals surface area contributed by atoms with E-state index in [9.17, 15) is 4.79 Å². The van der Waals surface area contributed by atoms with E-state index in [1.54, 1.807) is 32.3 Å². The maximum atomic E-state index is 11.7. The largest absolute Gasteiger partial charge is 0.484 e. The minimum Gasteiger partial charge on any atom is -0.484 e. The second kappa shape index (κ2) is 8.27. The molecule has 0 saturated carbocycles. The highest BCUT2D eigenvalue weighted by Crippen LogP contribution is 2.33. The number of rotatable bonds is 5. The molecular weight excluding hydrogens is 347 g/mol. The van der Waals surface area contributed by atoms with Crippen LogP contribution in [0.3, 0.4) is 0 Å². The number of urea groups is 1. The van der Waals surface area contributed by atoms with E-state index in [-0.39, 0.29) is 12.1 Å². The minimum atomic E-state index is -0.218. The van der Waals surface area contributed by atoms with E-state index < -0.39 is 0 Å². The van der Waals surface area contributed by atoms with Crippen LogP contribution in [0.2, 0.25) is 10.0 Å². The van der Waals surface area contributed by atoms with Crippen molar-refractivity contribution in [1.29, 1.82) is 0 Å². The Hall–Kier alpha value is -1.91. The average molecular weight is 367 g/mol. The van der Waals surface area contributed by atoms with Crippen LogP contribution in [0.1, 0.15) is 25.0 Å². The molecule has 2 aromatic rings. The molecule has 2 rings (SSSR count). The quantitative estimate of drug-likeness (QED) is 0.746. The van der Waals surface area contributed by atoms with Crippen LogP contribution in [0, 0.1) is 0 Å². The van der Waals surface area contributed by atoms with Gasteiger partial charge < -0.3 is 15.0 Å². The summed E-state index contributed by atoms with van der Waals surface area (Å²) in [5, 5.41) is 3.85. The highest BCUT2D eigenvalue weighted by atomic mass is 35.5. The lowest BCUT2D eigenvalue weighted by Crippen LogP contribution is -2.27. The standard InChI is InChI=1S/C18H20Cl2N2O2/c1-4-16(12-6-5-7-13(19)10-12)24-17-9-8-14(11-15(17)20)21-18(23)22(2)3/h5-11,16H,4H2,1-3H3,(H,21,23). The molecule has 2 aromatic carbocycles. The maximum absolute atomic E-state index is 11.7. The van der Waals surface area contributed by atoms with E-state index in [0.717, 1.165) is 12.0 Å². The monoisotopic (exact) mass is 366 g/mol. The Kier molecular flexibility index (Phi) is 6.35. The van der Waals surface area contributed by atoms with E-state index >= 15 is 0 Å². The predicted molar refractivity (Wildman–Crippen MR) is 99.3 cm³/mol. The van der Waals surface area contributed by atoms with Crippen LogP contribution in [-0.4, -0.2) is 25.0 Å². The molecule has 0 spiro atoms. The fourth-order valence-electron chi connectivity index (χ4n) is 2.16. The third-order valence-corrected chi connectivity index (χ3v) is 3.98.